The summed E-state index contributed by atoms with van der Waals surface area (Å²) in [6, 6.07) is 12.6. The fourth-order valence-corrected chi connectivity index (χ4v) is 2.80. The van der Waals surface area contributed by atoms with Gasteiger partial charge in [-0.1, -0.05) is 52.1 Å². The molecule has 3 rings (SSSR count). The van der Waals surface area contributed by atoms with Crippen LogP contribution in [0.25, 0.3) is 11.4 Å². The number of aromatic nitrogens is 2. The maximum atomic E-state index is 12.2. The monoisotopic (exact) mass is 405 g/mol. The van der Waals surface area contributed by atoms with Gasteiger partial charge in [-0.05, 0) is 38.1 Å². The zero-order valence-corrected chi connectivity index (χ0v) is 16.2. The van der Waals surface area contributed by atoms with Crippen molar-refractivity contribution in [2.24, 2.45) is 0 Å². The summed E-state index contributed by atoms with van der Waals surface area (Å²) in [5.74, 6) is 0.816. The van der Waals surface area contributed by atoms with Crippen LogP contribution in [-0.2, 0) is 11.3 Å². The van der Waals surface area contributed by atoms with Crippen LogP contribution in [0, 0.1) is 6.92 Å². The minimum Gasteiger partial charge on any atom is -0.479 e. The van der Waals surface area contributed by atoms with Crippen LogP contribution >= 0.6 is 23.2 Å². The Hall–Kier alpha value is -2.57. The third-order valence-electron chi connectivity index (χ3n) is 3.73. The van der Waals surface area contributed by atoms with Crippen LogP contribution in [0.5, 0.6) is 5.75 Å². The molecule has 27 heavy (non-hydrogen) atoms. The van der Waals surface area contributed by atoms with Gasteiger partial charge in [-0.25, -0.2) is 0 Å². The predicted molar refractivity (Wildman–Crippen MR) is 103 cm³/mol. The second kappa shape index (κ2) is 8.41. The number of halogens is 2. The lowest BCUT2D eigenvalue weighted by molar-refractivity contribution is -0.127. The van der Waals surface area contributed by atoms with E-state index in [1.807, 2.05) is 31.2 Å². The number of hydrogen-bond acceptors (Lipinski definition) is 5. The number of hydrogen-bond donors (Lipinski definition) is 1. The molecule has 140 valence electrons. The van der Waals surface area contributed by atoms with Crippen LogP contribution in [0.4, 0.5) is 0 Å². The highest BCUT2D eigenvalue weighted by molar-refractivity contribution is 6.35. The summed E-state index contributed by atoms with van der Waals surface area (Å²) >= 11 is 11.9. The third-order valence-corrected chi connectivity index (χ3v) is 4.26. The van der Waals surface area contributed by atoms with Crippen LogP contribution in [0.15, 0.2) is 47.0 Å². The van der Waals surface area contributed by atoms with E-state index in [9.17, 15) is 4.79 Å². The van der Waals surface area contributed by atoms with E-state index in [0.29, 0.717) is 27.5 Å². The molecule has 1 N–H and O–H groups in total. The minimum absolute atomic E-state index is 0.0969. The van der Waals surface area contributed by atoms with Crippen molar-refractivity contribution in [3.8, 4) is 17.1 Å². The molecule has 3 aromatic rings. The zero-order valence-electron chi connectivity index (χ0n) is 14.7. The quantitative estimate of drug-likeness (QED) is 0.655. The fourth-order valence-electron chi connectivity index (χ4n) is 2.35. The molecule has 1 atom stereocenters. The van der Waals surface area contributed by atoms with Gasteiger partial charge in [0.2, 0.25) is 11.7 Å². The molecule has 8 heteroatoms. The Morgan fingerprint density at radius 1 is 1.26 bits per heavy atom. The normalized spacial score (nSPS) is 11.9. The molecule has 2 aromatic carbocycles. The number of nitrogens with one attached hydrogen (secondary N) is 1. The van der Waals surface area contributed by atoms with Crippen molar-refractivity contribution in [1.82, 2.24) is 15.5 Å². The molecule has 0 aliphatic rings. The number of benzene rings is 2. The largest absolute Gasteiger partial charge is 0.479 e. The molecule has 0 fully saturated rings. The smallest absolute Gasteiger partial charge is 0.261 e. The maximum Gasteiger partial charge on any atom is 0.261 e. The van der Waals surface area contributed by atoms with E-state index < -0.39 is 6.10 Å². The molecule has 0 saturated heterocycles. The van der Waals surface area contributed by atoms with E-state index in [1.165, 1.54) is 0 Å². The van der Waals surface area contributed by atoms with Crippen molar-refractivity contribution in [3.05, 3.63) is 64.0 Å². The molecular weight excluding hydrogens is 389 g/mol. The fraction of sp³-hybridized carbons (Fsp3) is 0.211. The highest BCUT2D eigenvalue weighted by Gasteiger charge is 2.17. The molecule has 1 aromatic heterocycles. The Balaban J connectivity index is 1.57. The molecule has 0 saturated carbocycles. The molecule has 6 nitrogen and oxygen atoms in total. The Bertz CT molecular complexity index is 959. The second-order valence-electron chi connectivity index (χ2n) is 5.93. The molecule has 0 radical (unpaired) electrons. The van der Waals surface area contributed by atoms with Crippen molar-refractivity contribution in [1.29, 1.82) is 0 Å². The number of amides is 1. The zero-order chi connectivity index (χ0) is 19.4. The van der Waals surface area contributed by atoms with Crippen LogP contribution in [0.1, 0.15) is 18.4 Å². The standard InChI is InChI=1S/C19H17Cl2N3O3/c1-11-4-3-5-13(8-11)18-23-17(27-24-18)10-22-19(25)12(2)26-16-7-6-14(20)9-15(16)21/h3-9,12H,10H2,1-2H3,(H,22,25)/t12-/m0/s1. The van der Waals surface area contributed by atoms with Crippen molar-refractivity contribution in [2.45, 2.75) is 26.5 Å². The van der Waals surface area contributed by atoms with Crippen LogP contribution in [-0.4, -0.2) is 22.2 Å². The minimum atomic E-state index is -0.761. The number of carbonyl (C=O) groups is 1. The van der Waals surface area contributed by atoms with Crippen molar-refractivity contribution >= 4 is 29.1 Å². The van der Waals surface area contributed by atoms with Crippen molar-refractivity contribution in [3.63, 3.8) is 0 Å². The first-order valence-electron chi connectivity index (χ1n) is 8.21. The molecule has 0 unspecified atom stereocenters. The number of carbonyl (C=O) groups excluding carboxylic acids is 1. The highest BCUT2D eigenvalue weighted by atomic mass is 35.5. The number of aryl methyl sites for hydroxylation is 1. The van der Waals surface area contributed by atoms with Crippen molar-refractivity contribution < 1.29 is 14.1 Å². The van der Waals surface area contributed by atoms with Crippen LogP contribution in [0.3, 0.4) is 0 Å². The van der Waals surface area contributed by atoms with Gasteiger partial charge in [-0.3, -0.25) is 4.79 Å². The molecule has 0 bridgehead atoms. The Kier molecular flexibility index (Phi) is 5.98. The van der Waals surface area contributed by atoms with Crippen LogP contribution < -0.4 is 10.1 Å². The van der Waals surface area contributed by atoms with E-state index in [0.717, 1.165) is 11.1 Å². The molecule has 0 aliphatic heterocycles. The van der Waals surface area contributed by atoms with Gasteiger partial charge in [0, 0.05) is 10.6 Å². The summed E-state index contributed by atoms with van der Waals surface area (Å²) in [6.45, 7) is 3.70. The van der Waals surface area contributed by atoms with Gasteiger partial charge < -0.3 is 14.6 Å². The van der Waals surface area contributed by atoms with E-state index >= 15 is 0 Å². The van der Waals surface area contributed by atoms with Crippen molar-refractivity contribution in [2.75, 3.05) is 0 Å². The Morgan fingerprint density at radius 3 is 2.81 bits per heavy atom. The number of nitrogens with zero attached hydrogens (tertiary/aromatic N) is 2. The number of rotatable bonds is 6. The van der Waals surface area contributed by atoms with Gasteiger partial charge in [0.05, 0.1) is 11.6 Å². The lowest BCUT2D eigenvalue weighted by Gasteiger charge is -2.15. The lowest BCUT2D eigenvalue weighted by atomic mass is 10.1. The first kappa shape index (κ1) is 19.2. The first-order chi connectivity index (χ1) is 12.9. The number of ether oxygens (including phenoxy) is 1. The molecular formula is C19H17Cl2N3O3. The summed E-state index contributed by atoms with van der Waals surface area (Å²) in [4.78, 5) is 16.5. The average Bonchev–Trinajstić information content (AvgIpc) is 3.11. The Labute approximate surface area is 166 Å². The van der Waals surface area contributed by atoms with Crippen LogP contribution in [0.2, 0.25) is 10.0 Å². The maximum absolute atomic E-state index is 12.2. The summed E-state index contributed by atoms with van der Waals surface area (Å²) in [7, 11) is 0. The van der Waals surface area contributed by atoms with E-state index in [4.69, 9.17) is 32.5 Å². The SMILES string of the molecule is Cc1cccc(-c2noc(CNC(=O)[C@H](C)Oc3ccc(Cl)cc3Cl)n2)c1. The summed E-state index contributed by atoms with van der Waals surface area (Å²) in [5, 5.41) is 7.46. The summed E-state index contributed by atoms with van der Waals surface area (Å²) < 4.78 is 10.8. The van der Waals surface area contributed by atoms with Gasteiger partial charge in [0.1, 0.15) is 5.75 Å². The Morgan fingerprint density at radius 2 is 2.07 bits per heavy atom. The molecule has 0 aliphatic carbocycles. The lowest BCUT2D eigenvalue weighted by Crippen LogP contribution is -2.36. The predicted octanol–water partition coefficient (Wildman–Crippen LogP) is 4.44. The van der Waals surface area contributed by atoms with Gasteiger partial charge in [0.15, 0.2) is 6.10 Å². The molecule has 0 spiro atoms. The topological polar surface area (TPSA) is 77.2 Å². The van der Waals surface area contributed by atoms with Gasteiger partial charge in [-0.2, -0.15) is 4.98 Å². The van der Waals surface area contributed by atoms with Gasteiger partial charge in [-0.15, -0.1) is 0 Å². The first-order valence-corrected chi connectivity index (χ1v) is 8.97. The molecule has 1 amide bonds. The van der Waals surface area contributed by atoms with E-state index in [1.54, 1.807) is 25.1 Å². The van der Waals surface area contributed by atoms with Gasteiger partial charge >= 0.3 is 0 Å². The van der Waals surface area contributed by atoms with Gasteiger partial charge in [0.25, 0.3) is 5.91 Å². The molecule has 1 heterocycles. The van der Waals surface area contributed by atoms with E-state index in [2.05, 4.69) is 15.5 Å². The second-order valence-corrected chi connectivity index (χ2v) is 6.78. The average molecular weight is 406 g/mol. The van der Waals surface area contributed by atoms with E-state index in [-0.39, 0.29) is 12.5 Å². The summed E-state index contributed by atoms with van der Waals surface area (Å²) in [6.07, 6.45) is -0.761. The summed E-state index contributed by atoms with van der Waals surface area (Å²) in [5.41, 5.74) is 1.95. The highest BCUT2D eigenvalue weighted by Crippen LogP contribution is 2.28. The third kappa shape index (κ3) is 4.99.